The second-order valence-corrected chi connectivity index (χ2v) is 6.92. The number of hydrogen-bond acceptors (Lipinski definition) is 6. The Bertz CT molecular complexity index is 905. The number of nitrogens with zero attached hydrogens (tertiary/aromatic N) is 3. The fraction of sp³-hybridized carbons (Fsp3) is 0.278. The molecule has 4 rings (SSSR count). The van der Waals surface area contributed by atoms with E-state index in [1.165, 1.54) is 28.2 Å². The van der Waals surface area contributed by atoms with Gasteiger partial charge in [0.1, 0.15) is 5.82 Å². The number of nitrogens with one attached hydrogen (secondary N) is 1. The van der Waals surface area contributed by atoms with E-state index in [0.29, 0.717) is 18.1 Å². The predicted octanol–water partition coefficient (Wildman–Crippen LogP) is 3.32. The number of aromatic nitrogens is 3. The van der Waals surface area contributed by atoms with Crippen molar-refractivity contribution >= 4 is 17.2 Å². The first kappa shape index (κ1) is 17.8. The van der Waals surface area contributed by atoms with Crippen molar-refractivity contribution in [3.05, 3.63) is 53.4 Å². The molecular weight excluding hydrogens is 371 g/mol. The molecule has 1 unspecified atom stereocenters. The molecule has 1 aliphatic rings. The van der Waals surface area contributed by atoms with Gasteiger partial charge in [-0.1, -0.05) is 6.07 Å². The lowest BCUT2D eigenvalue weighted by atomic mass is 10.2. The number of carbonyl (C=O) groups excluding carboxylic acids is 1. The van der Waals surface area contributed by atoms with Crippen molar-refractivity contribution < 1.29 is 18.8 Å². The summed E-state index contributed by atoms with van der Waals surface area (Å²) in [6.07, 6.45) is 2.24. The standard InChI is InChI=1S/C18H17FN4O3S/c19-12-6-8-13(9-7-12)23-17(14-4-3-11-27-14)20-16(21-23)18(24)22-26-15-5-1-2-10-25-15/h3-4,6-9,11,15H,1-2,5,10H2,(H,22,24). The minimum atomic E-state index is -0.567. The van der Waals surface area contributed by atoms with Crippen LogP contribution in [0.15, 0.2) is 41.8 Å². The molecule has 0 aliphatic carbocycles. The van der Waals surface area contributed by atoms with E-state index in [1.807, 2.05) is 17.5 Å². The summed E-state index contributed by atoms with van der Waals surface area (Å²) in [5.74, 6) is -0.465. The van der Waals surface area contributed by atoms with Gasteiger partial charge in [-0.05, 0) is 48.6 Å². The van der Waals surface area contributed by atoms with Gasteiger partial charge in [0, 0.05) is 13.0 Å². The van der Waals surface area contributed by atoms with Gasteiger partial charge in [-0.2, -0.15) is 0 Å². The SMILES string of the molecule is O=C(NOC1CCCCO1)c1nc(-c2cccs2)n(-c2ccc(F)cc2)n1. The third kappa shape index (κ3) is 4.05. The van der Waals surface area contributed by atoms with Gasteiger partial charge in [0.25, 0.3) is 0 Å². The maximum absolute atomic E-state index is 13.3. The third-order valence-corrected chi connectivity index (χ3v) is 4.91. The van der Waals surface area contributed by atoms with Gasteiger partial charge in [0.2, 0.25) is 5.82 Å². The summed E-state index contributed by atoms with van der Waals surface area (Å²) in [4.78, 5) is 22.9. The molecule has 1 aromatic carbocycles. The van der Waals surface area contributed by atoms with E-state index in [4.69, 9.17) is 9.57 Å². The Balaban J connectivity index is 1.58. The number of ether oxygens (including phenoxy) is 1. The number of carbonyl (C=O) groups is 1. The van der Waals surface area contributed by atoms with Crippen LogP contribution in [0, 0.1) is 5.82 Å². The molecular formula is C18H17FN4O3S. The van der Waals surface area contributed by atoms with Crippen LogP contribution in [-0.2, 0) is 9.57 Å². The molecule has 1 aliphatic heterocycles. The minimum Gasteiger partial charge on any atom is -0.350 e. The molecule has 0 radical (unpaired) electrons. The summed E-state index contributed by atoms with van der Waals surface area (Å²) in [6.45, 7) is 0.612. The van der Waals surface area contributed by atoms with Gasteiger partial charge in [-0.15, -0.1) is 16.4 Å². The normalized spacial score (nSPS) is 17.0. The predicted molar refractivity (Wildman–Crippen MR) is 96.8 cm³/mol. The maximum Gasteiger partial charge on any atom is 0.314 e. The number of hydroxylamine groups is 1. The first-order valence-corrected chi connectivity index (χ1v) is 9.43. The molecule has 7 nitrogen and oxygen atoms in total. The zero-order valence-electron chi connectivity index (χ0n) is 14.3. The van der Waals surface area contributed by atoms with E-state index in [2.05, 4.69) is 15.6 Å². The fourth-order valence-electron chi connectivity index (χ4n) is 2.70. The highest BCUT2D eigenvalue weighted by Gasteiger charge is 2.21. The number of rotatable bonds is 5. The van der Waals surface area contributed by atoms with Crippen molar-refractivity contribution in [1.29, 1.82) is 0 Å². The van der Waals surface area contributed by atoms with Gasteiger partial charge in [-0.25, -0.2) is 24.4 Å². The first-order valence-electron chi connectivity index (χ1n) is 8.55. The van der Waals surface area contributed by atoms with E-state index in [0.717, 1.165) is 24.1 Å². The molecule has 2 aromatic heterocycles. The Morgan fingerprint density at radius 2 is 2.15 bits per heavy atom. The monoisotopic (exact) mass is 388 g/mol. The quantitative estimate of drug-likeness (QED) is 0.679. The van der Waals surface area contributed by atoms with Crippen molar-refractivity contribution in [2.24, 2.45) is 0 Å². The zero-order chi connectivity index (χ0) is 18.6. The second-order valence-electron chi connectivity index (χ2n) is 5.97. The molecule has 1 fully saturated rings. The third-order valence-electron chi connectivity index (χ3n) is 4.04. The lowest BCUT2D eigenvalue weighted by Crippen LogP contribution is -2.33. The van der Waals surface area contributed by atoms with Crippen molar-refractivity contribution in [3.63, 3.8) is 0 Å². The molecule has 0 bridgehead atoms. The molecule has 0 saturated carbocycles. The molecule has 9 heteroatoms. The van der Waals surface area contributed by atoms with Crippen LogP contribution in [0.25, 0.3) is 16.4 Å². The number of halogens is 1. The van der Waals surface area contributed by atoms with Gasteiger partial charge >= 0.3 is 5.91 Å². The smallest absolute Gasteiger partial charge is 0.314 e. The van der Waals surface area contributed by atoms with E-state index >= 15 is 0 Å². The molecule has 1 amide bonds. The molecule has 1 atom stereocenters. The number of thiophene rings is 1. The molecule has 1 N–H and O–H groups in total. The van der Waals surface area contributed by atoms with Crippen LogP contribution in [0.2, 0.25) is 0 Å². The molecule has 0 spiro atoms. The van der Waals surface area contributed by atoms with Crippen LogP contribution in [0.1, 0.15) is 29.9 Å². The first-order chi connectivity index (χ1) is 13.2. The number of benzene rings is 1. The molecule has 1 saturated heterocycles. The van der Waals surface area contributed by atoms with Crippen LogP contribution in [0.4, 0.5) is 4.39 Å². The van der Waals surface area contributed by atoms with Crippen molar-refractivity contribution in [2.45, 2.75) is 25.6 Å². The average Bonchev–Trinajstić information content (AvgIpc) is 3.37. The summed E-state index contributed by atoms with van der Waals surface area (Å²) < 4.78 is 20.2. The van der Waals surface area contributed by atoms with E-state index in [9.17, 15) is 9.18 Å². The zero-order valence-corrected chi connectivity index (χ0v) is 15.1. The summed E-state index contributed by atoms with van der Waals surface area (Å²) in [7, 11) is 0. The van der Waals surface area contributed by atoms with Crippen LogP contribution >= 0.6 is 11.3 Å². The highest BCUT2D eigenvalue weighted by molar-refractivity contribution is 7.13. The van der Waals surface area contributed by atoms with Crippen molar-refractivity contribution in [2.75, 3.05) is 6.61 Å². The van der Waals surface area contributed by atoms with Crippen molar-refractivity contribution in [3.8, 4) is 16.4 Å². The Kier molecular flexibility index (Phi) is 5.23. The molecule has 140 valence electrons. The maximum atomic E-state index is 13.3. The topological polar surface area (TPSA) is 78.3 Å². The Morgan fingerprint density at radius 3 is 2.85 bits per heavy atom. The molecule has 27 heavy (non-hydrogen) atoms. The van der Waals surface area contributed by atoms with E-state index in [-0.39, 0.29) is 11.6 Å². The number of amides is 1. The largest absolute Gasteiger partial charge is 0.350 e. The van der Waals surface area contributed by atoms with Crippen molar-refractivity contribution in [1.82, 2.24) is 20.2 Å². The summed E-state index contributed by atoms with van der Waals surface area (Å²) >= 11 is 1.47. The Labute approximate surface area is 158 Å². The van der Waals surface area contributed by atoms with E-state index < -0.39 is 12.2 Å². The highest BCUT2D eigenvalue weighted by atomic mass is 32.1. The van der Waals surface area contributed by atoms with Gasteiger partial charge in [0.15, 0.2) is 12.1 Å². The highest BCUT2D eigenvalue weighted by Crippen LogP contribution is 2.25. The molecule has 3 aromatic rings. The average molecular weight is 388 g/mol. The van der Waals surface area contributed by atoms with Crippen LogP contribution < -0.4 is 5.48 Å². The van der Waals surface area contributed by atoms with Gasteiger partial charge < -0.3 is 4.74 Å². The van der Waals surface area contributed by atoms with Gasteiger partial charge in [-0.3, -0.25) is 4.79 Å². The summed E-state index contributed by atoms with van der Waals surface area (Å²) in [5.41, 5.74) is 2.96. The lowest BCUT2D eigenvalue weighted by molar-refractivity contribution is -0.186. The summed E-state index contributed by atoms with van der Waals surface area (Å²) in [5, 5.41) is 6.19. The van der Waals surface area contributed by atoms with Gasteiger partial charge in [0.05, 0.1) is 10.6 Å². The fourth-order valence-corrected chi connectivity index (χ4v) is 3.40. The van der Waals surface area contributed by atoms with Crippen LogP contribution in [0.5, 0.6) is 0 Å². The Hall–Kier alpha value is -2.62. The van der Waals surface area contributed by atoms with Crippen LogP contribution in [0.3, 0.4) is 0 Å². The summed E-state index contributed by atoms with van der Waals surface area (Å²) in [6, 6.07) is 9.58. The molecule has 3 heterocycles. The van der Waals surface area contributed by atoms with E-state index in [1.54, 1.807) is 12.1 Å². The van der Waals surface area contributed by atoms with Crippen LogP contribution in [-0.4, -0.2) is 33.6 Å². The minimum absolute atomic E-state index is 0.0430. The second kappa shape index (κ2) is 7.95. The number of hydrogen-bond donors (Lipinski definition) is 1. The Morgan fingerprint density at radius 1 is 1.30 bits per heavy atom. The lowest BCUT2D eigenvalue weighted by Gasteiger charge is -2.21.